The van der Waals surface area contributed by atoms with E-state index in [-0.39, 0.29) is 5.91 Å². The van der Waals surface area contributed by atoms with Gasteiger partial charge in [-0.25, -0.2) is 0 Å². The molecule has 0 aromatic carbocycles. The van der Waals surface area contributed by atoms with Crippen molar-refractivity contribution in [2.75, 3.05) is 0 Å². The summed E-state index contributed by atoms with van der Waals surface area (Å²) in [6.45, 7) is 2.19. The van der Waals surface area contributed by atoms with Crippen LogP contribution in [0, 0.1) is 5.92 Å². The van der Waals surface area contributed by atoms with Crippen LogP contribution >= 0.6 is 15.9 Å². The quantitative estimate of drug-likeness (QED) is 0.906. The summed E-state index contributed by atoms with van der Waals surface area (Å²) in [5.41, 5.74) is 0.717. The maximum Gasteiger partial charge on any atom is 0.268 e. The number of hydrogen-bond donors (Lipinski definition) is 1. The van der Waals surface area contributed by atoms with Crippen LogP contribution in [0.25, 0.3) is 0 Å². The summed E-state index contributed by atoms with van der Waals surface area (Å²) >= 11 is 3.37. The first-order valence-electron chi connectivity index (χ1n) is 5.74. The van der Waals surface area contributed by atoms with Crippen LogP contribution in [0.2, 0.25) is 0 Å². The van der Waals surface area contributed by atoms with Gasteiger partial charge in [0.2, 0.25) is 0 Å². The zero-order valence-corrected chi connectivity index (χ0v) is 11.3. The largest absolute Gasteiger partial charge is 0.348 e. The van der Waals surface area contributed by atoms with E-state index in [0.29, 0.717) is 17.7 Å². The Hall–Kier alpha value is -0.770. The second-order valence-corrected chi connectivity index (χ2v) is 5.43. The second-order valence-electron chi connectivity index (χ2n) is 4.52. The Bertz CT molecular complexity index is 400. The summed E-state index contributed by atoms with van der Waals surface area (Å²) in [5.74, 6) is 0.745. The molecule has 0 bridgehead atoms. The fourth-order valence-electron chi connectivity index (χ4n) is 2.11. The highest BCUT2D eigenvalue weighted by Crippen LogP contribution is 2.34. The van der Waals surface area contributed by atoms with Crippen LogP contribution in [0.5, 0.6) is 0 Å². The number of halogens is 1. The molecule has 1 aromatic heterocycles. The lowest BCUT2D eigenvalue weighted by Crippen LogP contribution is -2.28. The number of carbonyl (C=O) groups excluding carboxylic acids is 1. The predicted molar refractivity (Wildman–Crippen MR) is 67.4 cm³/mol. The van der Waals surface area contributed by atoms with Gasteiger partial charge in [0.1, 0.15) is 5.69 Å². The van der Waals surface area contributed by atoms with E-state index in [2.05, 4.69) is 28.2 Å². The second kappa shape index (κ2) is 4.62. The highest BCUT2D eigenvalue weighted by Gasteiger charge is 2.37. The van der Waals surface area contributed by atoms with Crippen molar-refractivity contribution in [3.8, 4) is 0 Å². The Morgan fingerprint density at radius 3 is 3.00 bits per heavy atom. The van der Waals surface area contributed by atoms with Crippen molar-refractivity contribution in [1.82, 2.24) is 9.88 Å². The van der Waals surface area contributed by atoms with E-state index in [4.69, 9.17) is 0 Å². The molecule has 1 amide bonds. The fraction of sp³-hybridized carbons (Fsp3) is 0.583. The van der Waals surface area contributed by atoms with Gasteiger partial charge in [0.05, 0.1) is 0 Å². The van der Waals surface area contributed by atoms with Crippen molar-refractivity contribution in [1.29, 1.82) is 0 Å². The Labute approximate surface area is 104 Å². The standard InChI is InChI=1S/C12H17BrN2O/c1-3-4-8-5-10(8)14-12(16)11-6-9(13)7-15(11)2/h6-8,10H,3-5H2,1-2H3,(H,14,16). The van der Waals surface area contributed by atoms with Gasteiger partial charge < -0.3 is 9.88 Å². The van der Waals surface area contributed by atoms with Crippen LogP contribution in [-0.2, 0) is 7.05 Å². The number of hydrogen-bond acceptors (Lipinski definition) is 1. The third-order valence-corrected chi connectivity index (χ3v) is 3.54. The summed E-state index contributed by atoms with van der Waals surface area (Å²) in [5, 5.41) is 3.08. The SMILES string of the molecule is CCCC1CC1NC(=O)c1cc(Br)cn1C. The highest BCUT2D eigenvalue weighted by molar-refractivity contribution is 9.10. The summed E-state index contributed by atoms with van der Waals surface area (Å²) in [6, 6.07) is 2.26. The molecular weight excluding hydrogens is 268 g/mol. The van der Waals surface area contributed by atoms with Crippen LogP contribution < -0.4 is 5.32 Å². The Kier molecular flexibility index (Phi) is 3.38. The molecule has 1 heterocycles. The smallest absolute Gasteiger partial charge is 0.268 e. The number of aromatic nitrogens is 1. The minimum Gasteiger partial charge on any atom is -0.348 e. The summed E-state index contributed by atoms with van der Waals surface area (Å²) in [7, 11) is 1.89. The van der Waals surface area contributed by atoms with Crippen LogP contribution in [0.3, 0.4) is 0 Å². The van der Waals surface area contributed by atoms with Gasteiger partial charge in [0.25, 0.3) is 5.91 Å². The van der Waals surface area contributed by atoms with E-state index in [0.717, 1.165) is 10.9 Å². The first-order valence-corrected chi connectivity index (χ1v) is 6.54. The van der Waals surface area contributed by atoms with Gasteiger partial charge in [-0.2, -0.15) is 0 Å². The molecular formula is C12H17BrN2O. The molecule has 0 spiro atoms. The average Bonchev–Trinajstić information content (AvgIpc) is 2.83. The molecule has 1 fully saturated rings. The maximum absolute atomic E-state index is 11.9. The molecule has 2 rings (SSSR count). The van der Waals surface area contributed by atoms with Gasteiger partial charge in [-0.1, -0.05) is 13.3 Å². The van der Waals surface area contributed by atoms with E-state index in [1.165, 1.54) is 12.8 Å². The maximum atomic E-state index is 11.9. The lowest BCUT2D eigenvalue weighted by atomic mass is 10.2. The molecule has 1 aromatic rings. The van der Waals surface area contributed by atoms with Crippen LogP contribution in [0.1, 0.15) is 36.7 Å². The van der Waals surface area contributed by atoms with E-state index in [1.54, 1.807) is 0 Å². The number of nitrogens with one attached hydrogen (secondary N) is 1. The third kappa shape index (κ3) is 2.48. The molecule has 3 nitrogen and oxygen atoms in total. The van der Waals surface area contributed by atoms with Crippen molar-refractivity contribution in [3.63, 3.8) is 0 Å². The number of nitrogens with zero attached hydrogens (tertiary/aromatic N) is 1. The van der Waals surface area contributed by atoms with Gasteiger partial charge in [0, 0.05) is 23.8 Å². The zero-order valence-electron chi connectivity index (χ0n) is 9.66. The third-order valence-electron chi connectivity index (χ3n) is 3.10. The van der Waals surface area contributed by atoms with Crippen LogP contribution in [0.15, 0.2) is 16.7 Å². The number of carbonyl (C=O) groups is 1. The van der Waals surface area contributed by atoms with Crippen LogP contribution in [0.4, 0.5) is 0 Å². The highest BCUT2D eigenvalue weighted by atomic mass is 79.9. The molecule has 4 heteroatoms. The van der Waals surface area contributed by atoms with Crippen molar-refractivity contribution in [2.24, 2.45) is 13.0 Å². The fourth-order valence-corrected chi connectivity index (χ4v) is 2.63. The summed E-state index contributed by atoms with van der Waals surface area (Å²) in [6.07, 6.45) is 5.46. The Morgan fingerprint density at radius 1 is 1.69 bits per heavy atom. The number of rotatable bonds is 4. The topological polar surface area (TPSA) is 34.0 Å². The zero-order chi connectivity index (χ0) is 11.7. The van der Waals surface area contributed by atoms with E-state index < -0.39 is 0 Å². The average molecular weight is 285 g/mol. The molecule has 2 unspecified atom stereocenters. The van der Waals surface area contributed by atoms with Gasteiger partial charge >= 0.3 is 0 Å². The molecule has 0 saturated heterocycles. The van der Waals surface area contributed by atoms with Gasteiger partial charge in [-0.05, 0) is 40.8 Å². The van der Waals surface area contributed by atoms with Crippen molar-refractivity contribution in [2.45, 2.75) is 32.2 Å². The van der Waals surface area contributed by atoms with Gasteiger partial charge in [-0.3, -0.25) is 4.79 Å². The summed E-state index contributed by atoms with van der Waals surface area (Å²) in [4.78, 5) is 11.9. The summed E-state index contributed by atoms with van der Waals surface area (Å²) < 4.78 is 2.79. The van der Waals surface area contributed by atoms with Crippen molar-refractivity contribution in [3.05, 3.63) is 22.4 Å². The van der Waals surface area contributed by atoms with Crippen molar-refractivity contribution < 1.29 is 4.79 Å². The molecule has 1 N–H and O–H groups in total. The Balaban J connectivity index is 1.92. The van der Waals surface area contributed by atoms with Crippen molar-refractivity contribution >= 4 is 21.8 Å². The van der Waals surface area contributed by atoms with E-state index in [1.807, 2.05) is 23.9 Å². The molecule has 88 valence electrons. The molecule has 0 aliphatic heterocycles. The first kappa shape index (κ1) is 11.7. The van der Waals surface area contributed by atoms with Crippen LogP contribution in [-0.4, -0.2) is 16.5 Å². The molecule has 1 saturated carbocycles. The Morgan fingerprint density at radius 2 is 2.44 bits per heavy atom. The molecule has 0 radical (unpaired) electrons. The van der Waals surface area contributed by atoms with Gasteiger partial charge in [-0.15, -0.1) is 0 Å². The minimum atomic E-state index is 0.0387. The normalized spacial score (nSPS) is 23.2. The van der Waals surface area contributed by atoms with E-state index in [9.17, 15) is 4.79 Å². The van der Waals surface area contributed by atoms with Gasteiger partial charge in [0.15, 0.2) is 0 Å². The molecule has 2 atom stereocenters. The number of aryl methyl sites for hydroxylation is 1. The monoisotopic (exact) mass is 284 g/mol. The molecule has 1 aliphatic carbocycles. The minimum absolute atomic E-state index is 0.0387. The number of amides is 1. The lowest BCUT2D eigenvalue weighted by molar-refractivity contribution is 0.0940. The molecule has 16 heavy (non-hydrogen) atoms. The van der Waals surface area contributed by atoms with E-state index >= 15 is 0 Å². The molecule has 1 aliphatic rings. The predicted octanol–water partition coefficient (Wildman–Crippen LogP) is 2.71. The first-order chi connectivity index (χ1) is 7.61. The lowest BCUT2D eigenvalue weighted by Gasteiger charge is -2.05.